The SMILES string of the molecule is O[C@@H](CCl)c1cc(C(F)(F)F)ccc1F. The molecule has 15 heavy (non-hydrogen) atoms. The van der Waals surface area contributed by atoms with Crippen LogP contribution in [-0.4, -0.2) is 11.0 Å². The van der Waals surface area contributed by atoms with Gasteiger partial charge in [-0.1, -0.05) is 0 Å². The van der Waals surface area contributed by atoms with Crippen LogP contribution in [0.4, 0.5) is 17.6 Å². The minimum absolute atomic E-state index is 0.363. The number of aliphatic hydroxyl groups is 1. The molecule has 1 atom stereocenters. The predicted octanol–water partition coefficient (Wildman–Crippen LogP) is 3.12. The van der Waals surface area contributed by atoms with Gasteiger partial charge >= 0.3 is 6.18 Å². The van der Waals surface area contributed by atoms with Crippen molar-refractivity contribution in [2.24, 2.45) is 0 Å². The summed E-state index contributed by atoms with van der Waals surface area (Å²) in [6, 6.07) is 1.83. The zero-order valence-electron chi connectivity index (χ0n) is 7.35. The van der Waals surface area contributed by atoms with Crippen molar-refractivity contribution in [3.63, 3.8) is 0 Å². The van der Waals surface area contributed by atoms with E-state index >= 15 is 0 Å². The van der Waals surface area contributed by atoms with E-state index in [9.17, 15) is 17.6 Å². The summed E-state index contributed by atoms with van der Waals surface area (Å²) >= 11 is 5.23. The average Bonchev–Trinajstić information content (AvgIpc) is 2.15. The molecule has 0 spiro atoms. The summed E-state index contributed by atoms with van der Waals surface area (Å²) in [7, 11) is 0. The van der Waals surface area contributed by atoms with Crippen LogP contribution in [0.25, 0.3) is 0 Å². The van der Waals surface area contributed by atoms with E-state index in [1.807, 2.05) is 0 Å². The quantitative estimate of drug-likeness (QED) is 0.624. The number of hydrogen-bond acceptors (Lipinski definition) is 1. The van der Waals surface area contributed by atoms with Gasteiger partial charge in [-0.25, -0.2) is 4.39 Å². The molecular formula is C9H7ClF4O. The number of benzene rings is 1. The molecule has 1 aromatic rings. The molecule has 0 fully saturated rings. The van der Waals surface area contributed by atoms with E-state index in [0.29, 0.717) is 18.2 Å². The summed E-state index contributed by atoms with van der Waals surface area (Å²) in [5, 5.41) is 9.16. The number of alkyl halides is 4. The average molecular weight is 243 g/mol. The Kier molecular flexibility index (Phi) is 3.57. The Bertz CT molecular complexity index is 350. The van der Waals surface area contributed by atoms with Crippen LogP contribution in [0.1, 0.15) is 17.2 Å². The summed E-state index contributed by atoms with van der Waals surface area (Å²) < 4.78 is 49.7. The maximum Gasteiger partial charge on any atom is 0.416 e. The van der Waals surface area contributed by atoms with E-state index in [-0.39, 0.29) is 5.88 Å². The lowest BCUT2D eigenvalue weighted by Crippen LogP contribution is -2.09. The minimum Gasteiger partial charge on any atom is -0.387 e. The first kappa shape index (κ1) is 12.3. The van der Waals surface area contributed by atoms with Crippen LogP contribution in [0.5, 0.6) is 0 Å². The molecule has 0 amide bonds. The topological polar surface area (TPSA) is 20.2 Å². The van der Waals surface area contributed by atoms with Crippen LogP contribution >= 0.6 is 11.6 Å². The Balaban J connectivity index is 3.17. The highest BCUT2D eigenvalue weighted by atomic mass is 35.5. The van der Waals surface area contributed by atoms with Crippen molar-refractivity contribution >= 4 is 11.6 Å². The summed E-state index contributed by atoms with van der Waals surface area (Å²) in [5.74, 6) is -1.27. The molecule has 1 nitrogen and oxygen atoms in total. The monoisotopic (exact) mass is 242 g/mol. The molecule has 0 saturated carbocycles. The van der Waals surface area contributed by atoms with Crippen molar-refractivity contribution in [3.8, 4) is 0 Å². The van der Waals surface area contributed by atoms with Crippen LogP contribution in [0, 0.1) is 5.82 Å². The van der Waals surface area contributed by atoms with Crippen molar-refractivity contribution in [1.82, 2.24) is 0 Å². The second kappa shape index (κ2) is 4.37. The lowest BCUT2D eigenvalue weighted by Gasteiger charge is -2.12. The van der Waals surface area contributed by atoms with Crippen molar-refractivity contribution in [2.45, 2.75) is 12.3 Å². The molecule has 1 aromatic carbocycles. The van der Waals surface area contributed by atoms with Gasteiger partial charge in [0.25, 0.3) is 0 Å². The smallest absolute Gasteiger partial charge is 0.387 e. The summed E-state index contributed by atoms with van der Waals surface area (Å²) in [6.07, 6.45) is -6.00. The molecule has 84 valence electrons. The third-order valence-electron chi connectivity index (χ3n) is 1.83. The van der Waals surface area contributed by atoms with Gasteiger partial charge in [-0.15, -0.1) is 11.6 Å². The van der Waals surface area contributed by atoms with Gasteiger partial charge in [-0.3, -0.25) is 0 Å². The molecule has 0 aromatic heterocycles. The standard InChI is InChI=1S/C9H7ClF4O/c10-4-8(15)6-3-5(9(12,13)14)1-2-7(6)11/h1-3,8,15H,4H2/t8-/m0/s1. The fraction of sp³-hybridized carbons (Fsp3) is 0.333. The van der Waals surface area contributed by atoms with Gasteiger partial charge in [-0.05, 0) is 18.2 Å². The van der Waals surface area contributed by atoms with Gasteiger partial charge in [0, 0.05) is 5.56 Å². The first-order valence-corrected chi connectivity index (χ1v) is 4.50. The molecule has 0 aliphatic heterocycles. The third kappa shape index (κ3) is 2.82. The van der Waals surface area contributed by atoms with E-state index in [2.05, 4.69) is 0 Å². The molecular weight excluding hydrogens is 236 g/mol. The number of aliphatic hydroxyl groups excluding tert-OH is 1. The first-order chi connectivity index (χ1) is 6.86. The fourth-order valence-corrected chi connectivity index (χ4v) is 1.22. The van der Waals surface area contributed by atoms with Crippen molar-refractivity contribution in [1.29, 1.82) is 0 Å². The number of hydrogen-bond donors (Lipinski definition) is 1. The normalized spacial score (nSPS) is 14.0. The zero-order valence-corrected chi connectivity index (χ0v) is 8.11. The van der Waals surface area contributed by atoms with Crippen LogP contribution < -0.4 is 0 Å². The summed E-state index contributed by atoms with van der Waals surface area (Å²) in [6.45, 7) is 0. The second-order valence-corrected chi connectivity index (χ2v) is 3.21. The van der Waals surface area contributed by atoms with Crippen LogP contribution in [-0.2, 0) is 6.18 Å². The zero-order chi connectivity index (χ0) is 11.6. The van der Waals surface area contributed by atoms with Gasteiger partial charge < -0.3 is 5.11 Å². The maximum absolute atomic E-state index is 13.0. The number of halogens is 5. The maximum atomic E-state index is 13.0. The molecule has 0 aliphatic carbocycles. The Labute approximate surface area is 88.3 Å². The van der Waals surface area contributed by atoms with Crippen LogP contribution in [0.15, 0.2) is 18.2 Å². The molecule has 0 heterocycles. The van der Waals surface area contributed by atoms with Crippen molar-refractivity contribution in [2.75, 3.05) is 5.88 Å². The van der Waals surface area contributed by atoms with Crippen LogP contribution in [0.2, 0.25) is 0 Å². The molecule has 6 heteroatoms. The Morgan fingerprint density at radius 2 is 1.93 bits per heavy atom. The van der Waals surface area contributed by atoms with E-state index in [4.69, 9.17) is 16.7 Å². The van der Waals surface area contributed by atoms with Crippen LogP contribution in [0.3, 0.4) is 0 Å². The highest BCUT2D eigenvalue weighted by molar-refractivity contribution is 6.18. The van der Waals surface area contributed by atoms with Gasteiger partial charge in [-0.2, -0.15) is 13.2 Å². The van der Waals surface area contributed by atoms with E-state index in [1.54, 1.807) is 0 Å². The van der Waals surface area contributed by atoms with E-state index in [1.165, 1.54) is 0 Å². The van der Waals surface area contributed by atoms with E-state index < -0.39 is 29.2 Å². The van der Waals surface area contributed by atoms with Gasteiger partial charge in [0.05, 0.1) is 17.5 Å². The largest absolute Gasteiger partial charge is 0.416 e. The predicted molar refractivity (Wildman–Crippen MR) is 47.1 cm³/mol. The van der Waals surface area contributed by atoms with E-state index in [0.717, 1.165) is 0 Å². The molecule has 0 bridgehead atoms. The Morgan fingerprint density at radius 3 is 2.40 bits per heavy atom. The molecule has 1 rings (SSSR count). The number of rotatable bonds is 2. The molecule has 0 aliphatic rings. The third-order valence-corrected chi connectivity index (χ3v) is 2.12. The molecule has 1 N–H and O–H groups in total. The van der Waals surface area contributed by atoms with Gasteiger partial charge in [0.15, 0.2) is 0 Å². The summed E-state index contributed by atoms with van der Waals surface area (Å²) in [4.78, 5) is 0. The lowest BCUT2D eigenvalue weighted by molar-refractivity contribution is -0.137. The second-order valence-electron chi connectivity index (χ2n) is 2.90. The fourth-order valence-electron chi connectivity index (χ4n) is 1.06. The van der Waals surface area contributed by atoms with Gasteiger partial charge in [0.1, 0.15) is 5.82 Å². The Hall–Kier alpha value is -0.810. The van der Waals surface area contributed by atoms with Crippen molar-refractivity contribution < 1.29 is 22.7 Å². The van der Waals surface area contributed by atoms with Crippen molar-refractivity contribution in [3.05, 3.63) is 35.1 Å². The van der Waals surface area contributed by atoms with Gasteiger partial charge in [0.2, 0.25) is 0 Å². The molecule has 0 saturated heterocycles. The lowest BCUT2D eigenvalue weighted by atomic mass is 10.1. The first-order valence-electron chi connectivity index (χ1n) is 3.97. The Morgan fingerprint density at radius 1 is 1.33 bits per heavy atom. The highest BCUT2D eigenvalue weighted by Gasteiger charge is 2.31. The summed E-state index contributed by atoms with van der Waals surface area (Å²) in [5.41, 5.74) is -1.46. The highest BCUT2D eigenvalue weighted by Crippen LogP contribution is 2.31. The molecule has 0 radical (unpaired) electrons. The minimum atomic E-state index is -4.56. The molecule has 0 unspecified atom stereocenters.